The molecule has 0 amide bonds. The zero-order chi connectivity index (χ0) is 12.5. The highest BCUT2D eigenvalue weighted by atomic mass is 19.4. The summed E-state index contributed by atoms with van der Waals surface area (Å²) < 4.78 is 76.7. The first-order valence-electron chi connectivity index (χ1n) is 3.79. The highest BCUT2D eigenvalue weighted by Crippen LogP contribution is 2.50. The molecular formula is C7H8F6O2. The van der Waals surface area contributed by atoms with Gasteiger partial charge in [-0.1, -0.05) is 0 Å². The Bertz CT molecular complexity index is 227. The van der Waals surface area contributed by atoms with Gasteiger partial charge >= 0.3 is 18.3 Å². The molecule has 0 unspecified atom stereocenters. The SMILES string of the molecule is CCOC(=O)C(C)(C(F)(F)F)C(F)(F)F. The van der Waals surface area contributed by atoms with E-state index in [9.17, 15) is 31.1 Å². The van der Waals surface area contributed by atoms with E-state index in [2.05, 4.69) is 4.74 Å². The topological polar surface area (TPSA) is 26.3 Å². The number of carbonyl (C=O) groups is 1. The van der Waals surface area contributed by atoms with Crippen molar-refractivity contribution in [3.8, 4) is 0 Å². The molecule has 0 rings (SSSR count). The lowest BCUT2D eigenvalue weighted by molar-refractivity contribution is -0.326. The number of halogens is 6. The van der Waals surface area contributed by atoms with E-state index in [1.165, 1.54) is 0 Å². The Hall–Kier alpha value is -0.950. The van der Waals surface area contributed by atoms with E-state index in [0.717, 1.165) is 6.92 Å². The highest BCUT2D eigenvalue weighted by molar-refractivity contribution is 5.78. The van der Waals surface area contributed by atoms with Gasteiger partial charge in [0.15, 0.2) is 0 Å². The summed E-state index contributed by atoms with van der Waals surface area (Å²) in [6, 6.07) is 0. The second-order valence-corrected chi connectivity index (χ2v) is 2.84. The van der Waals surface area contributed by atoms with E-state index in [-0.39, 0.29) is 6.92 Å². The summed E-state index contributed by atoms with van der Waals surface area (Å²) in [6.45, 7) is 0.316. The molecule has 90 valence electrons. The van der Waals surface area contributed by atoms with Crippen LogP contribution in [-0.4, -0.2) is 24.9 Å². The molecule has 0 bridgehead atoms. The lowest BCUT2D eigenvalue weighted by atomic mass is 9.89. The van der Waals surface area contributed by atoms with Gasteiger partial charge in [0.05, 0.1) is 6.61 Å². The first kappa shape index (κ1) is 14.0. The molecule has 15 heavy (non-hydrogen) atoms. The average molecular weight is 238 g/mol. The van der Waals surface area contributed by atoms with Crippen molar-refractivity contribution in [3.63, 3.8) is 0 Å². The van der Waals surface area contributed by atoms with E-state index in [1.54, 1.807) is 0 Å². The molecule has 0 aromatic rings. The van der Waals surface area contributed by atoms with Gasteiger partial charge in [-0.25, -0.2) is 0 Å². The molecule has 0 atom stereocenters. The molecule has 8 heteroatoms. The van der Waals surface area contributed by atoms with Crippen molar-refractivity contribution in [3.05, 3.63) is 0 Å². The van der Waals surface area contributed by atoms with Crippen molar-refractivity contribution in [2.45, 2.75) is 26.2 Å². The van der Waals surface area contributed by atoms with Gasteiger partial charge in [0, 0.05) is 0 Å². The van der Waals surface area contributed by atoms with Crippen LogP contribution < -0.4 is 0 Å². The smallest absolute Gasteiger partial charge is 0.413 e. The minimum absolute atomic E-state index is 0.245. The molecule has 0 aliphatic carbocycles. The molecule has 0 aliphatic heterocycles. The molecule has 0 heterocycles. The maximum Gasteiger partial charge on any atom is 0.413 e. The first-order chi connectivity index (χ1) is 6.48. The van der Waals surface area contributed by atoms with E-state index >= 15 is 0 Å². The van der Waals surface area contributed by atoms with Gasteiger partial charge in [-0.3, -0.25) is 4.79 Å². The summed E-state index contributed by atoms with van der Waals surface area (Å²) in [5.41, 5.74) is -4.48. The molecule has 0 saturated heterocycles. The van der Waals surface area contributed by atoms with E-state index in [1.807, 2.05) is 0 Å². The molecule has 0 aliphatic rings. The number of hydrogen-bond donors (Lipinski definition) is 0. The monoisotopic (exact) mass is 238 g/mol. The summed E-state index contributed by atoms with van der Waals surface area (Å²) in [5.74, 6) is -2.34. The van der Waals surface area contributed by atoms with Crippen molar-refractivity contribution in [2.75, 3.05) is 6.61 Å². The normalized spacial score (nSPS) is 13.9. The average Bonchev–Trinajstić information content (AvgIpc) is 1.99. The van der Waals surface area contributed by atoms with E-state index in [4.69, 9.17) is 0 Å². The first-order valence-corrected chi connectivity index (χ1v) is 3.79. The van der Waals surface area contributed by atoms with Gasteiger partial charge in [-0.15, -0.1) is 0 Å². The zero-order valence-corrected chi connectivity index (χ0v) is 7.79. The van der Waals surface area contributed by atoms with Crippen LogP contribution in [0.5, 0.6) is 0 Å². The van der Waals surface area contributed by atoms with Gasteiger partial charge in [0.2, 0.25) is 0 Å². The van der Waals surface area contributed by atoms with Crippen molar-refractivity contribution >= 4 is 5.97 Å². The summed E-state index contributed by atoms with van der Waals surface area (Å²) in [6.07, 6.45) is -11.5. The standard InChI is InChI=1S/C7H8F6O2/c1-3-15-4(14)5(2,6(8,9)10)7(11,12)13/h3H2,1-2H3. The zero-order valence-electron chi connectivity index (χ0n) is 7.79. The summed E-state index contributed by atoms with van der Waals surface area (Å²) >= 11 is 0. The molecular weight excluding hydrogens is 230 g/mol. The Morgan fingerprint density at radius 2 is 1.40 bits per heavy atom. The predicted molar refractivity (Wildman–Crippen MR) is 36.9 cm³/mol. The van der Waals surface area contributed by atoms with Crippen LogP contribution in [0.25, 0.3) is 0 Å². The second kappa shape index (κ2) is 3.90. The van der Waals surface area contributed by atoms with Crippen LogP contribution >= 0.6 is 0 Å². The van der Waals surface area contributed by atoms with Crippen LogP contribution in [0, 0.1) is 5.41 Å². The molecule has 0 aromatic heterocycles. The van der Waals surface area contributed by atoms with Crippen LogP contribution in [0.4, 0.5) is 26.3 Å². The number of alkyl halides is 6. The fourth-order valence-electron chi connectivity index (χ4n) is 0.668. The van der Waals surface area contributed by atoms with Gasteiger partial charge in [-0.2, -0.15) is 26.3 Å². The largest absolute Gasteiger partial charge is 0.465 e. The number of carbonyl (C=O) groups excluding carboxylic acids is 1. The van der Waals surface area contributed by atoms with Crippen molar-refractivity contribution in [1.29, 1.82) is 0 Å². The maximum atomic E-state index is 12.2. The lowest BCUT2D eigenvalue weighted by Gasteiger charge is -2.31. The van der Waals surface area contributed by atoms with Gasteiger partial charge in [0.1, 0.15) is 0 Å². The third-order valence-electron chi connectivity index (χ3n) is 1.82. The number of rotatable bonds is 2. The van der Waals surface area contributed by atoms with Crippen LogP contribution in [0.2, 0.25) is 0 Å². The van der Waals surface area contributed by atoms with Crippen LogP contribution in [0.1, 0.15) is 13.8 Å². The van der Waals surface area contributed by atoms with Gasteiger partial charge < -0.3 is 4.74 Å². The minimum Gasteiger partial charge on any atom is -0.465 e. The Labute approximate surface area is 81.2 Å². The molecule has 0 saturated carbocycles. The third-order valence-corrected chi connectivity index (χ3v) is 1.82. The summed E-state index contributed by atoms with van der Waals surface area (Å²) in [4.78, 5) is 10.7. The molecule has 0 N–H and O–H groups in total. The second-order valence-electron chi connectivity index (χ2n) is 2.84. The third kappa shape index (κ3) is 2.35. The quantitative estimate of drug-likeness (QED) is 0.546. The number of ether oxygens (including phenoxy) is 1. The molecule has 0 aromatic carbocycles. The van der Waals surface area contributed by atoms with Crippen LogP contribution in [-0.2, 0) is 9.53 Å². The van der Waals surface area contributed by atoms with E-state index < -0.39 is 30.3 Å². The Balaban J connectivity index is 5.33. The highest BCUT2D eigenvalue weighted by Gasteiger charge is 2.73. The molecule has 0 spiro atoms. The van der Waals surface area contributed by atoms with Crippen molar-refractivity contribution in [1.82, 2.24) is 0 Å². The maximum absolute atomic E-state index is 12.2. The van der Waals surface area contributed by atoms with Crippen LogP contribution in [0.3, 0.4) is 0 Å². The predicted octanol–water partition coefficient (Wildman–Crippen LogP) is 2.68. The molecule has 2 nitrogen and oxygen atoms in total. The minimum atomic E-state index is -5.74. The van der Waals surface area contributed by atoms with Gasteiger partial charge in [-0.05, 0) is 13.8 Å². The van der Waals surface area contributed by atoms with Crippen molar-refractivity contribution in [2.24, 2.45) is 5.41 Å². The molecule has 0 radical (unpaired) electrons. The summed E-state index contributed by atoms with van der Waals surface area (Å²) in [7, 11) is 0. The Morgan fingerprint density at radius 1 is 1.07 bits per heavy atom. The number of esters is 1. The Morgan fingerprint density at radius 3 is 1.60 bits per heavy atom. The fraction of sp³-hybridized carbons (Fsp3) is 0.857. The fourth-order valence-corrected chi connectivity index (χ4v) is 0.668. The lowest BCUT2D eigenvalue weighted by Crippen LogP contribution is -2.54. The molecule has 0 fully saturated rings. The summed E-state index contributed by atoms with van der Waals surface area (Å²) in [5, 5.41) is 0. The van der Waals surface area contributed by atoms with Crippen molar-refractivity contribution < 1.29 is 35.9 Å². The Kier molecular flexibility index (Phi) is 3.65. The number of hydrogen-bond acceptors (Lipinski definition) is 2. The van der Waals surface area contributed by atoms with E-state index in [0.29, 0.717) is 0 Å². The van der Waals surface area contributed by atoms with Gasteiger partial charge in [0.25, 0.3) is 5.41 Å². The van der Waals surface area contributed by atoms with Crippen LogP contribution in [0.15, 0.2) is 0 Å².